The van der Waals surface area contributed by atoms with Gasteiger partial charge in [-0.3, -0.25) is 9.59 Å². The van der Waals surface area contributed by atoms with Crippen LogP contribution in [0, 0.1) is 0 Å². The molecule has 0 aliphatic carbocycles. The van der Waals surface area contributed by atoms with Crippen molar-refractivity contribution in [1.82, 2.24) is 5.32 Å². The molecular weight excluding hydrogens is 258 g/mol. The summed E-state index contributed by atoms with van der Waals surface area (Å²) in [7, 11) is 0. The second kappa shape index (κ2) is 6.05. The summed E-state index contributed by atoms with van der Waals surface area (Å²) >= 11 is 0. The molecule has 1 atom stereocenters. The number of carbonyl (C=O) groups excluding carboxylic acids is 1. The third-order valence-electron chi connectivity index (χ3n) is 3.60. The predicted octanol–water partition coefficient (Wildman–Crippen LogP) is 1.50. The molecule has 2 rings (SSSR count). The maximum Gasteiger partial charge on any atom is 0.307 e. The number of carboxylic acid groups (broad SMARTS) is 1. The maximum absolute atomic E-state index is 12.1. The minimum atomic E-state index is -0.880. The number of benzene rings is 1. The highest BCUT2D eigenvalue weighted by molar-refractivity contribution is 5.85. The minimum Gasteiger partial charge on any atom is -0.481 e. The molecule has 108 valence electrons. The molecular formula is C15H19NO4. The van der Waals surface area contributed by atoms with E-state index >= 15 is 0 Å². The molecule has 5 nitrogen and oxygen atoms in total. The van der Waals surface area contributed by atoms with Gasteiger partial charge >= 0.3 is 5.97 Å². The number of hydrogen-bond acceptors (Lipinski definition) is 3. The van der Waals surface area contributed by atoms with Gasteiger partial charge in [-0.25, -0.2) is 0 Å². The summed E-state index contributed by atoms with van der Waals surface area (Å²) < 4.78 is 5.48. The Morgan fingerprint density at radius 2 is 2.05 bits per heavy atom. The average Bonchev–Trinajstić information content (AvgIpc) is 2.85. The van der Waals surface area contributed by atoms with Crippen LogP contribution in [0.3, 0.4) is 0 Å². The number of rotatable bonds is 5. The Hall–Kier alpha value is -1.88. The van der Waals surface area contributed by atoms with E-state index in [1.165, 1.54) is 0 Å². The molecule has 1 amide bonds. The van der Waals surface area contributed by atoms with Gasteiger partial charge in [-0.2, -0.15) is 0 Å². The van der Waals surface area contributed by atoms with E-state index in [2.05, 4.69) is 5.32 Å². The third kappa shape index (κ3) is 3.36. The summed E-state index contributed by atoms with van der Waals surface area (Å²) in [6.07, 6.45) is 1.56. The lowest BCUT2D eigenvalue weighted by atomic mass is 10.0. The van der Waals surface area contributed by atoms with Gasteiger partial charge < -0.3 is 15.2 Å². The van der Waals surface area contributed by atoms with Gasteiger partial charge in [0.1, 0.15) is 5.60 Å². The predicted molar refractivity (Wildman–Crippen MR) is 73.2 cm³/mol. The maximum atomic E-state index is 12.1. The molecule has 0 aromatic heterocycles. The summed E-state index contributed by atoms with van der Waals surface area (Å²) in [5, 5.41) is 11.7. The Kier molecular flexibility index (Phi) is 4.39. The normalized spacial score (nSPS) is 21.6. The quantitative estimate of drug-likeness (QED) is 0.855. The summed E-state index contributed by atoms with van der Waals surface area (Å²) in [6.45, 7) is 2.72. The van der Waals surface area contributed by atoms with Crippen LogP contribution in [0.15, 0.2) is 24.3 Å². The number of aliphatic carboxylic acids is 1. The number of hydrogen-bond donors (Lipinski definition) is 2. The van der Waals surface area contributed by atoms with Gasteiger partial charge in [0.2, 0.25) is 0 Å². The molecule has 0 bridgehead atoms. The molecule has 20 heavy (non-hydrogen) atoms. The van der Waals surface area contributed by atoms with Gasteiger partial charge in [-0.1, -0.05) is 24.3 Å². The molecule has 1 heterocycles. The van der Waals surface area contributed by atoms with Crippen molar-refractivity contribution in [3.05, 3.63) is 35.4 Å². The lowest BCUT2D eigenvalue weighted by molar-refractivity contribution is -0.139. The fraction of sp³-hybridized carbons (Fsp3) is 0.467. The van der Waals surface area contributed by atoms with Gasteiger partial charge in [0.05, 0.1) is 6.42 Å². The van der Waals surface area contributed by atoms with Crippen LogP contribution >= 0.6 is 0 Å². The molecule has 1 aromatic rings. The van der Waals surface area contributed by atoms with Crippen molar-refractivity contribution in [2.24, 2.45) is 0 Å². The van der Waals surface area contributed by atoms with Gasteiger partial charge in [0, 0.05) is 13.2 Å². The summed E-state index contributed by atoms with van der Waals surface area (Å²) in [5.41, 5.74) is 0.796. The molecule has 1 aliphatic heterocycles. The highest BCUT2D eigenvalue weighted by Gasteiger charge is 2.37. The first-order valence-electron chi connectivity index (χ1n) is 6.72. The van der Waals surface area contributed by atoms with Crippen LogP contribution in [0.2, 0.25) is 0 Å². The second-order valence-corrected chi connectivity index (χ2v) is 5.20. The number of nitrogens with one attached hydrogen (secondary N) is 1. The Labute approximate surface area is 117 Å². The van der Waals surface area contributed by atoms with Gasteiger partial charge in [-0.05, 0) is 30.9 Å². The molecule has 2 N–H and O–H groups in total. The van der Waals surface area contributed by atoms with E-state index in [0.717, 1.165) is 24.0 Å². The van der Waals surface area contributed by atoms with Crippen LogP contribution < -0.4 is 5.32 Å². The molecule has 0 radical (unpaired) electrons. The Morgan fingerprint density at radius 3 is 2.65 bits per heavy atom. The summed E-state index contributed by atoms with van der Waals surface area (Å²) in [5.74, 6) is -1.02. The first-order chi connectivity index (χ1) is 9.51. The molecule has 0 spiro atoms. The molecule has 1 aromatic carbocycles. The standard InChI is InChI=1S/C15H19NO4/c1-15(7-4-8-20-15)14(19)16-10-12-6-3-2-5-11(12)9-13(17)18/h2-3,5-6H,4,7-10H2,1H3,(H,16,19)(H,17,18). The van der Waals surface area contributed by atoms with Gasteiger partial charge in [0.25, 0.3) is 5.91 Å². The average molecular weight is 277 g/mol. The van der Waals surface area contributed by atoms with Crippen molar-refractivity contribution in [2.45, 2.75) is 38.3 Å². The van der Waals surface area contributed by atoms with E-state index < -0.39 is 11.6 Å². The first-order valence-corrected chi connectivity index (χ1v) is 6.72. The number of amides is 1. The zero-order chi connectivity index (χ0) is 14.6. The van der Waals surface area contributed by atoms with E-state index in [4.69, 9.17) is 9.84 Å². The summed E-state index contributed by atoms with van der Waals surface area (Å²) in [6, 6.07) is 7.23. The van der Waals surface area contributed by atoms with E-state index in [9.17, 15) is 9.59 Å². The van der Waals surface area contributed by atoms with Crippen LogP contribution in [0.25, 0.3) is 0 Å². The SMILES string of the molecule is CC1(C(=O)NCc2ccccc2CC(=O)O)CCCO1. The topological polar surface area (TPSA) is 75.6 Å². The molecule has 1 saturated heterocycles. The van der Waals surface area contributed by atoms with Crippen LogP contribution in [0.1, 0.15) is 30.9 Å². The fourth-order valence-corrected chi connectivity index (χ4v) is 2.39. The van der Waals surface area contributed by atoms with Crippen LogP contribution in [0.4, 0.5) is 0 Å². The Morgan fingerprint density at radius 1 is 1.35 bits per heavy atom. The van der Waals surface area contributed by atoms with Gasteiger partial charge in [0.15, 0.2) is 0 Å². The van der Waals surface area contributed by atoms with Crippen molar-refractivity contribution in [3.63, 3.8) is 0 Å². The second-order valence-electron chi connectivity index (χ2n) is 5.20. The van der Waals surface area contributed by atoms with E-state index in [0.29, 0.717) is 13.2 Å². The highest BCUT2D eigenvalue weighted by atomic mass is 16.5. The smallest absolute Gasteiger partial charge is 0.307 e. The van der Waals surface area contributed by atoms with Crippen molar-refractivity contribution in [2.75, 3.05) is 6.61 Å². The lowest BCUT2D eigenvalue weighted by Crippen LogP contribution is -2.43. The Bertz CT molecular complexity index is 506. The van der Waals surface area contributed by atoms with Crippen LogP contribution in [-0.2, 0) is 27.3 Å². The number of carboxylic acids is 1. The van der Waals surface area contributed by atoms with Gasteiger partial charge in [-0.15, -0.1) is 0 Å². The number of carbonyl (C=O) groups is 2. The minimum absolute atomic E-state index is 0.0419. The van der Waals surface area contributed by atoms with E-state index in [1.807, 2.05) is 12.1 Å². The largest absolute Gasteiger partial charge is 0.481 e. The van der Waals surface area contributed by atoms with Crippen LogP contribution in [-0.4, -0.2) is 29.2 Å². The van der Waals surface area contributed by atoms with Crippen molar-refractivity contribution >= 4 is 11.9 Å². The first kappa shape index (κ1) is 14.5. The highest BCUT2D eigenvalue weighted by Crippen LogP contribution is 2.25. The lowest BCUT2D eigenvalue weighted by Gasteiger charge is -2.22. The Balaban J connectivity index is 2.00. The molecule has 1 aliphatic rings. The monoisotopic (exact) mass is 277 g/mol. The van der Waals surface area contributed by atoms with Crippen molar-refractivity contribution in [3.8, 4) is 0 Å². The summed E-state index contributed by atoms with van der Waals surface area (Å²) in [4.78, 5) is 22.9. The zero-order valence-electron chi connectivity index (χ0n) is 11.5. The molecule has 0 saturated carbocycles. The van der Waals surface area contributed by atoms with Crippen molar-refractivity contribution < 1.29 is 19.4 Å². The number of ether oxygens (including phenoxy) is 1. The van der Waals surface area contributed by atoms with E-state index in [-0.39, 0.29) is 12.3 Å². The third-order valence-corrected chi connectivity index (χ3v) is 3.60. The zero-order valence-corrected chi connectivity index (χ0v) is 11.5. The molecule has 1 fully saturated rings. The van der Waals surface area contributed by atoms with E-state index in [1.54, 1.807) is 19.1 Å². The van der Waals surface area contributed by atoms with Crippen LogP contribution in [0.5, 0.6) is 0 Å². The molecule has 1 unspecified atom stereocenters. The molecule has 5 heteroatoms. The van der Waals surface area contributed by atoms with Crippen molar-refractivity contribution in [1.29, 1.82) is 0 Å². The fourth-order valence-electron chi connectivity index (χ4n) is 2.39.